The number of hydrogen-bond acceptors (Lipinski definition) is 14. The van der Waals surface area contributed by atoms with Gasteiger partial charge in [0, 0.05) is 36.7 Å². The van der Waals surface area contributed by atoms with Crippen molar-refractivity contribution in [3.05, 3.63) is 45.5 Å². The van der Waals surface area contributed by atoms with Crippen LogP contribution in [0.4, 0.5) is 11.6 Å². The summed E-state index contributed by atoms with van der Waals surface area (Å²) in [6, 6.07) is 3.07. The highest BCUT2D eigenvalue weighted by atomic mass is 32.2. The fraction of sp³-hybridized carbons (Fsp3) is 0.615. The maximum absolute atomic E-state index is 12.1. The zero-order chi connectivity index (χ0) is 29.9. The molecular weight excluding hydrogens is 588 g/mol. The molecule has 2 saturated heterocycles. The number of nitrogen functional groups attached to an aromatic ring is 2. The summed E-state index contributed by atoms with van der Waals surface area (Å²) in [5.74, 6) is 0.861. The van der Waals surface area contributed by atoms with E-state index in [1.54, 1.807) is 12.4 Å². The van der Waals surface area contributed by atoms with Gasteiger partial charge in [0.05, 0.1) is 0 Å². The number of anilines is 2. The molecule has 0 aromatic carbocycles. The Balaban J connectivity index is 0.970. The normalized spacial score (nSPS) is 21.8. The maximum Gasteiger partial charge on any atom is 0.351 e. The van der Waals surface area contributed by atoms with E-state index in [0.29, 0.717) is 24.3 Å². The molecule has 0 bridgehead atoms. The molecule has 2 aromatic heterocycles. The van der Waals surface area contributed by atoms with Gasteiger partial charge in [-0.3, -0.25) is 18.7 Å². The summed E-state index contributed by atoms with van der Waals surface area (Å²) >= 11 is 2.95. The summed E-state index contributed by atoms with van der Waals surface area (Å²) in [5.41, 5.74) is 9.40. The Morgan fingerprint density at radius 1 is 0.762 bits per heavy atom. The summed E-state index contributed by atoms with van der Waals surface area (Å²) in [4.78, 5) is 55.5. The van der Waals surface area contributed by atoms with Gasteiger partial charge in [-0.2, -0.15) is 9.97 Å². The van der Waals surface area contributed by atoms with Crippen molar-refractivity contribution in [1.29, 1.82) is 0 Å². The molecule has 230 valence electrons. The second-order valence-electron chi connectivity index (χ2n) is 9.78. The van der Waals surface area contributed by atoms with Gasteiger partial charge in [-0.15, -0.1) is 23.5 Å². The average molecular weight is 625 g/mol. The van der Waals surface area contributed by atoms with Crippen LogP contribution in [0.5, 0.6) is 0 Å². The molecular formula is C26H36N6O8S2. The molecule has 2 aromatic rings. The van der Waals surface area contributed by atoms with Crippen LogP contribution < -0.4 is 22.8 Å². The molecule has 0 saturated carbocycles. The Morgan fingerprint density at radius 2 is 1.17 bits per heavy atom. The molecule has 4 N–H and O–H groups in total. The average Bonchev–Trinajstić information content (AvgIpc) is 3.62. The standard InChI is InChI=1S/C26H36N6O8S2/c27-17-9-11-31(25(35)29-17)19-15-41-23(39-19)13-37-21(33)7-5-3-1-2-4-6-8-22(34)38-14-24-40-20(16-42-24)32-12-10-18(28)30-26(32)36/h9-12,19-20,23-24H,1-8,13-16H2,(H2,27,29,35)(H2,28,30,36)/t19-,20-,23+,24+/m0/s1. The third-order valence-corrected chi connectivity index (χ3v) is 8.76. The predicted molar refractivity (Wildman–Crippen MR) is 157 cm³/mol. The van der Waals surface area contributed by atoms with Gasteiger partial charge in [0.15, 0.2) is 0 Å². The summed E-state index contributed by atoms with van der Waals surface area (Å²) in [5, 5.41) is 0. The fourth-order valence-corrected chi connectivity index (χ4v) is 6.33. The zero-order valence-corrected chi connectivity index (χ0v) is 24.8. The van der Waals surface area contributed by atoms with Crippen LogP contribution in [-0.2, 0) is 28.5 Å². The van der Waals surface area contributed by atoms with Gasteiger partial charge in [-0.25, -0.2) is 9.59 Å². The molecule has 42 heavy (non-hydrogen) atoms. The van der Waals surface area contributed by atoms with Gasteiger partial charge in [0.2, 0.25) is 0 Å². The highest BCUT2D eigenvalue weighted by Gasteiger charge is 2.30. The molecule has 0 unspecified atom stereocenters. The SMILES string of the molecule is Nc1ccn([C@@H]2CS[C@H](COC(=O)CCCCCCCCC(=O)OC[C@@H]3O[C@H](n4ccc(N)nc4=O)CS3)O2)c(=O)n1. The Labute approximate surface area is 250 Å². The lowest BCUT2D eigenvalue weighted by atomic mass is 10.1. The Morgan fingerprint density at radius 3 is 1.57 bits per heavy atom. The number of nitrogens with two attached hydrogens (primary N) is 2. The van der Waals surface area contributed by atoms with Crippen LogP contribution in [0.1, 0.15) is 63.8 Å². The fourth-order valence-electron chi connectivity index (χ4n) is 4.36. The molecule has 0 radical (unpaired) electrons. The van der Waals surface area contributed by atoms with E-state index in [9.17, 15) is 19.2 Å². The molecule has 14 nitrogen and oxygen atoms in total. The van der Waals surface area contributed by atoms with E-state index in [1.165, 1.54) is 44.8 Å². The van der Waals surface area contributed by atoms with Crippen LogP contribution in [0.3, 0.4) is 0 Å². The number of unbranched alkanes of at least 4 members (excludes halogenated alkanes) is 5. The monoisotopic (exact) mass is 624 g/mol. The van der Waals surface area contributed by atoms with Crippen molar-refractivity contribution in [1.82, 2.24) is 19.1 Å². The largest absolute Gasteiger partial charge is 0.462 e. The van der Waals surface area contributed by atoms with Crippen molar-refractivity contribution in [2.75, 3.05) is 36.2 Å². The maximum atomic E-state index is 12.1. The number of ether oxygens (including phenoxy) is 4. The lowest BCUT2D eigenvalue weighted by Crippen LogP contribution is -2.29. The number of hydrogen-bond donors (Lipinski definition) is 2. The number of carbonyl (C=O) groups is 2. The van der Waals surface area contributed by atoms with Crippen molar-refractivity contribution < 1.29 is 28.5 Å². The zero-order valence-electron chi connectivity index (χ0n) is 23.1. The summed E-state index contributed by atoms with van der Waals surface area (Å²) in [6.07, 6.45) is 7.99. The smallest absolute Gasteiger partial charge is 0.351 e. The van der Waals surface area contributed by atoms with Gasteiger partial charge < -0.3 is 30.4 Å². The number of rotatable bonds is 15. The van der Waals surface area contributed by atoms with Gasteiger partial charge in [0.1, 0.15) is 48.2 Å². The van der Waals surface area contributed by atoms with E-state index in [2.05, 4.69) is 9.97 Å². The lowest BCUT2D eigenvalue weighted by molar-refractivity contribution is -0.147. The van der Waals surface area contributed by atoms with Crippen molar-refractivity contribution in [2.45, 2.75) is 74.7 Å². The number of thioether (sulfide) groups is 2. The van der Waals surface area contributed by atoms with E-state index in [1.807, 2.05) is 0 Å². The molecule has 4 heterocycles. The molecule has 0 amide bonds. The number of aromatic nitrogens is 4. The molecule has 4 atom stereocenters. The molecule has 0 spiro atoms. The van der Waals surface area contributed by atoms with Crippen molar-refractivity contribution in [2.24, 2.45) is 0 Å². The van der Waals surface area contributed by atoms with Gasteiger partial charge >= 0.3 is 23.3 Å². The van der Waals surface area contributed by atoms with E-state index in [4.69, 9.17) is 30.4 Å². The predicted octanol–water partition coefficient (Wildman–Crippen LogP) is 2.05. The van der Waals surface area contributed by atoms with Gasteiger partial charge in [-0.05, 0) is 25.0 Å². The van der Waals surface area contributed by atoms with Crippen molar-refractivity contribution >= 4 is 47.1 Å². The molecule has 2 aliphatic rings. The van der Waals surface area contributed by atoms with E-state index in [-0.39, 0.29) is 47.7 Å². The van der Waals surface area contributed by atoms with Crippen molar-refractivity contribution in [3.63, 3.8) is 0 Å². The number of carbonyl (C=O) groups excluding carboxylic acids is 2. The second-order valence-corrected chi connectivity index (χ2v) is 12.2. The van der Waals surface area contributed by atoms with Crippen LogP contribution in [0.2, 0.25) is 0 Å². The van der Waals surface area contributed by atoms with Crippen LogP contribution in [0, 0.1) is 0 Å². The van der Waals surface area contributed by atoms with E-state index in [0.717, 1.165) is 38.5 Å². The minimum Gasteiger partial charge on any atom is -0.462 e. The first kappa shape index (κ1) is 31.8. The van der Waals surface area contributed by atoms with Crippen LogP contribution in [0.25, 0.3) is 0 Å². The molecule has 2 aliphatic heterocycles. The lowest BCUT2D eigenvalue weighted by Gasteiger charge is -2.14. The van der Waals surface area contributed by atoms with Crippen molar-refractivity contribution in [3.8, 4) is 0 Å². The summed E-state index contributed by atoms with van der Waals surface area (Å²) in [6.45, 7) is 0.249. The van der Waals surface area contributed by atoms with Gasteiger partial charge in [0.25, 0.3) is 0 Å². The summed E-state index contributed by atoms with van der Waals surface area (Å²) < 4.78 is 25.0. The van der Waals surface area contributed by atoms with Gasteiger partial charge in [-0.1, -0.05) is 25.7 Å². The third-order valence-electron chi connectivity index (χ3n) is 6.56. The highest BCUT2D eigenvalue weighted by molar-refractivity contribution is 8.00. The topological polar surface area (TPSA) is 193 Å². The van der Waals surface area contributed by atoms with E-state index < -0.39 is 23.8 Å². The minimum atomic E-state index is -0.477. The summed E-state index contributed by atoms with van der Waals surface area (Å²) in [7, 11) is 0. The van der Waals surface area contributed by atoms with Crippen LogP contribution in [0.15, 0.2) is 34.1 Å². The number of esters is 2. The minimum absolute atomic E-state index is 0.124. The quantitative estimate of drug-likeness (QED) is 0.216. The third kappa shape index (κ3) is 9.74. The highest BCUT2D eigenvalue weighted by Crippen LogP contribution is 2.32. The Hall–Kier alpha value is -3.08. The first-order chi connectivity index (χ1) is 20.3. The number of nitrogens with zero attached hydrogens (tertiary/aromatic N) is 4. The molecule has 4 rings (SSSR count). The second kappa shape index (κ2) is 16.0. The van der Waals surface area contributed by atoms with E-state index >= 15 is 0 Å². The van der Waals surface area contributed by atoms with Crippen LogP contribution >= 0.6 is 23.5 Å². The Kier molecular flexibility index (Phi) is 12.1. The first-order valence-corrected chi connectivity index (χ1v) is 15.9. The Bertz CT molecular complexity index is 1220. The molecule has 16 heteroatoms. The first-order valence-electron chi connectivity index (χ1n) is 13.8. The molecule has 0 aliphatic carbocycles. The molecule has 2 fully saturated rings. The van der Waals surface area contributed by atoms with Crippen LogP contribution in [-0.4, -0.2) is 66.6 Å².